The molecule has 172 valence electrons. The highest BCUT2D eigenvalue weighted by molar-refractivity contribution is 7.80. The Morgan fingerprint density at radius 1 is 1.03 bits per heavy atom. The van der Waals surface area contributed by atoms with E-state index in [9.17, 15) is 0 Å². The highest BCUT2D eigenvalue weighted by Crippen LogP contribution is 2.42. The summed E-state index contributed by atoms with van der Waals surface area (Å²) >= 11 is 12.2. The number of hydrogen-bond acceptors (Lipinski definition) is 3. The quantitative estimate of drug-likeness (QED) is 0.349. The fourth-order valence-corrected chi connectivity index (χ4v) is 5.36. The molecule has 1 fully saturated rings. The van der Waals surface area contributed by atoms with Gasteiger partial charge in [0, 0.05) is 47.2 Å². The molecule has 0 saturated carbocycles. The Morgan fingerprint density at radius 3 is 2.62 bits per heavy atom. The van der Waals surface area contributed by atoms with Gasteiger partial charge in [-0.3, -0.25) is 9.97 Å². The van der Waals surface area contributed by atoms with Crippen molar-refractivity contribution in [2.24, 2.45) is 0 Å². The van der Waals surface area contributed by atoms with E-state index in [1.165, 1.54) is 11.1 Å². The Bertz CT molecular complexity index is 1340. The normalized spacial score (nSPS) is 17.8. The molecule has 0 aliphatic carbocycles. The summed E-state index contributed by atoms with van der Waals surface area (Å²) in [5, 5.41) is 4.99. The summed E-state index contributed by atoms with van der Waals surface area (Å²) in [5.41, 5.74) is 7.86. The molecule has 0 bridgehead atoms. The third-order valence-corrected chi connectivity index (χ3v) is 7.06. The first kappa shape index (κ1) is 22.6. The molecule has 2 unspecified atom stereocenters. The summed E-state index contributed by atoms with van der Waals surface area (Å²) in [6.45, 7) is 7.08. The molecule has 5 nitrogen and oxygen atoms in total. The van der Waals surface area contributed by atoms with E-state index >= 15 is 0 Å². The standard InChI is InChI=1S/C27H26ClN5S/c1-17-9-10-21(28)14-24(17)33-18(2)13-22(19(33)3)26-25(23-8-4-5-12-30-23)31-27(34)32(26)16-20-7-6-11-29-15-20/h4-15,25-26H,16H2,1-3H3,(H,31,34). The number of pyridine rings is 2. The van der Waals surface area contributed by atoms with E-state index in [0.717, 1.165) is 33.4 Å². The number of aromatic nitrogens is 3. The summed E-state index contributed by atoms with van der Waals surface area (Å²) in [6.07, 6.45) is 5.52. The molecule has 1 aliphatic heterocycles. The third kappa shape index (κ3) is 4.08. The van der Waals surface area contributed by atoms with Crippen LogP contribution in [-0.4, -0.2) is 24.5 Å². The van der Waals surface area contributed by atoms with Crippen LogP contribution >= 0.6 is 23.8 Å². The topological polar surface area (TPSA) is 46.0 Å². The van der Waals surface area contributed by atoms with Crippen molar-refractivity contribution in [3.05, 3.63) is 112 Å². The predicted octanol–water partition coefficient (Wildman–Crippen LogP) is 6.02. The summed E-state index contributed by atoms with van der Waals surface area (Å²) in [4.78, 5) is 11.2. The molecule has 3 aromatic heterocycles. The maximum absolute atomic E-state index is 6.38. The van der Waals surface area contributed by atoms with Crippen LogP contribution in [0.15, 0.2) is 73.2 Å². The van der Waals surface area contributed by atoms with Crippen LogP contribution in [-0.2, 0) is 6.54 Å². The van der Waals surface area contributed by atoms with Gasteiger partial charge in [0.25, 0.3) is 0 Å². The minimum Gasteiger partial charge on any atom is -0.352 e. The van der Waals surface area contributed by atoms with E-state index in [1.807, 2.05) is 42.7 Å². The van der Waals surface area contributed by atoms with Gasteiger partial charge in [0.1, 0.15) is 0 Å². The summed E-state index contributed by atoms with van der Waals surface area (Å²) in [6, 6.07) is 18.3. The second-order valence-corrected chi connectivity index (χ2v) is 9.53. The van der Waals surface area contributed by atoms with Crippen LogP contribution in [0, 0.1) is 20.8 Å². The molecule has 1 saturated heterocycles. The fraction of sp³-hybridized carbons (Fsp3) is 0.222. The second-order valence-electron chi connectivity index (χ2n) is 8.71. The van der Waals surface area contributed by atoms with E-state index < -0.39 is 0 Å². The Labute approximate surface area is 210 Å². The Morgan fingerprint density at radius 2 is 1.88 bits per heavy atom. The molecule has 0 amide bonds. The molecule has 4 heterocycles. The van der Waals surface area contributed by atoms with E-state index in [2.05, 4.69) is 69.8 Å². The number of halogens is 1. The maximum Gasteiger partial charge on any atom is 0.170 e. The summed E-state index contributed by atoms with van der Waals surface area (Å²) in [7, 11) is 0. The van der Waals surface area contributed by atoms with Gasteiger partial charge in [0.15, 0.2) is 5.11 Å². The summed E-state index contributed by atoms with van der Waals surface area (Å²) < 4.78 is 2.29. The molecule has 1 aromatic carbocycles. The lowest BCUT2D eigenvalue weighted by molar-refractivity contribution is 0.310. The average Bonchev–Trinajstić information content (AvgIpc) is 3.31. The number of nitrogens with one attached hydrogen (secondary N) is 1. The molecule has 0 spiro atoms. The van der Waals surface area contributed by atoms with Gasteiger partial charge in [-0.15, -0.1) is 0 Å². The molecule has 5 rings (SSSR count). The monoisotopic (exact) mass is 487 g/mol. The fourth-order valence-electron chi connectivity index (χ4n) is 4.88. The van der Waals surface area contributed by atoms with Gasteiger partial charge in [-0.25, -0.2) is 0 Å². The predicted molar refractivity (Wildman–Crippen MR) is 140 cm³/mol. The highest BCUT2D eigenvalue weighted by atomic mass is 35.5. The third-order valence-electron chi connectivity index (χ3n) is 6.47. The van der Waals surface area contributed by atoms with Crippen LogP contribution in [0.25, 0.3) is 5.69 Å². The van der Waals surface area contributed by atoms with Gasteiger partial charge >= 0.3 is 0 Å². The Balaban J connectivity index is 1.64. The number of nitrogens with zero attached hydrogens (tertiary/aromatic N) is 4. The first-order valence-electron chi connectivity index (χ1n) is 11.3. The van der Waals surface area contributed by atoms with Crippen molar-refractivity contribution in [1.29, 1.82) is 0 Å². The molecule has 1 N–H and O–H groups in total. The Kier molecular flexibility index (Phi) is 6.11. The SMILES string of the molecule is Cc1ccc(Cl)cc1-n1c(C)cc(C2C(c3ccccn3)NC(=S)N2Cc2cccnc2)c1C. The van der Waals surface area contributed by atoms with E-state index in [1.54, 1.807) is 6.20 Å². The molecular weight excluding hydrogens is 462 g/mol. The van der Waals surface area contributed by atoms with Gasteiger partial charge in [-0.1, -0.05) is 29.8 Å². The van der Waals surface area contributed by atoms with E-state index in [4.69, 9.17) is 23.8 Å². The first-order chi connectivity index (χ1) is 16.4. The molecule has 7 heteroatoms. The van der Waals surface area contributed by atoms with Gasteiger partial charge in [-0.2, -0.15) is 0 Å². The van der Waals surface area contributed by atoms with Crippen LogP contribution < -0.4 is 5.32 Å². The molecule has 1 aliphatic rings. The van der Waals surface area contributed by atoms with Crippen molar-refractivity contribution in [1.82, 2.24) is 24.8 Å². The highest BCUT2D eigenvalue weighted by Gasteiger charge is 2.41. The van der Waals surface area contributed by atoms with Gasteiger partial charge < -0.3 is 14.8 Å². The van der Waals surface area contributed by atoms with Crippen molar-refractivity contribution in [2.45, 2.75) is 39.4 Å². The number of aryl methyl sites for hydroxylation is 2. The smallest absolute Gasteiger partial charge is 0.170 e. The first-order valence-corrected chi connectivity index (χ1v) is 12.0. The zero-order valence-electron chi connectivity index (χ0n) is 19.4. The average molecular weight is 488 g/mol. The van der Waals surface area contributed by atoms with Crippen LogP contribution in [0.4, 0.5) is 0 Å². The zero-order valence-corrected chi connectivity index (χ0v) is 20.9. The lowest BCUT2D eigenvalue weighted by Gasteiger charge is -2.28. The van der Waals surface area contributed by atoms with Crippen molar-refractivity contribution in [3.63, 3.8) is 0 Å². The number of hydrogen-bond donors (Lipinski definition) is 1. The van der Waals surface area contributed by atoms with Crippen molar-refractivity contribution >= 4 is 28.9 Å². The minimum atomic E-state index is -0.0696. The van der Waals surface area contributed by atoms with Crippen LogP contribution in [0.2, 0.25) is 5.02 Å². The molecule has 4 aromatic rings. The van der Waals surface area contributed by atoms with Crippen molar-refractivity contribution < 1.29 is 0 Å². The largest absolute Gasteiger partial charge is 0.352 e. The van der Waals surface area contributed by atoms with Crippen LogP contribution in [0.3, 0.4) is 0 Å². The lowest BCUT2D eigenvalue weighted by atomic mass is 9.96. The van der Waals surface area contributed by atoms with Gasteiger partial charge in [0.05, 0.1) is 17.8 Å². The van der Waals surface area contributed by atoms with Crippen LogP contribution in [0.1, 0.15) is 45.9 Å². The summed E-state index contributed by atoms with van der Waals surface area (Å²) in [5.74, 6) is 0. The van der Waals surface area contributed by atoms with Crippen molar-refractivity contribution in [3.8, 4) is 5.69 Å². The molecular formula is C27H26ClN5S. The van der Waals surface area contributed by atoms with Crippen LogP contribution in [0.5, 0.6) is 0 Å². The number of rotatable bonds is 5. The lowest BCUT2D eigenvalue weighted by Crippen LogP contribution is -2.29. The minimum absolute atomic E-state index is 0.0259. The molecule has 2 atom stereocenters. The number of thiocarbonyl (C=S) groups is 1. The van der Waals surface area contributed by atoms with Gasteiger partial charge in [0.2, 0.25) is 0 Å². The number of benzene rings is 1. The maximum atomic E-state index is 6.38. The second kappa shape index (κ2) is 9.20. The van der Waals surface area contributed by atoms with Gasteiger partial charge in [-0.05, 0) is 86.1 Å². The van der Waals surface area contributed by atoms with E-state index in [0.29, 0.717) is 11.7 Å². The van der Waals surface area contributed by atoms with E-state index in [-0.39, 0.29) is 12.1 Å². The zero-order chi connectivity index (χ0) is 23.8. The molecule has 0 radical (unpaired) electrons. The molecule has 34 heavy (non-hydrogen) atoms. The Hall–Kier alpha value is -3.22. The van der Waals surface area contributed by atoms with Crippen molar-refractivity contribution in [2.75, 3.05) is 0 Å².